The first kappa shape index (κ1) is 21.3. The first-order valence-corrected chi connectivity index (χ1v) is 10.4. The van der Waals surface area contributed by atoms with E-state index >= 15 is 0 Å². The van der Waals surface area contributed by atoms with E-state index in [4.69, 9.17) is 34.8 Å². The molecule has 1 aliphatic heterocycles. The van der Waals surface area contributed by atoms with Crippen LogP contribution in [0.3, 0.4) is 0 Å². The third kappa shape index (κ3) is 4.71. The van der Waals surface area contributed by atoms with Crippen LogP contribution in [0.4, 0.5) is 10.5 Å². The van der Waals surface area contributed by atoms with Crippen LogP contribution in [0.2, 0.25) is 15.2 Å². The number of halogens is 3. The van der Waals surface area contributed by atoms with Crippen LogP contribution < -0.4 is 10.3 Å². The molecule has 0 bridgehead atoms. The highest BCUT2D eigenvalue weighted by molar-refractivity contribution is 6.36. The molecule has 0 fully saturated rings. The normalized spacial score (nSPS) is 13.3. The fourth-order valence-corrected chi connectivity index (χ4v) is 3.92. The molecule has 0 atom stereocenters. The van der Waals surface area contributed by atoms with Crippen molar-refractivity contribution >= 4 is 58.5 Å². The van der Waals surface area contributed by atoms with Crippen molar-refractivity contribution in [2.75, 3.05) is 11.6 Å². The van der Waals surface area contributed by atoms with Gasteiger partial charge in [-0.05, 0) is 35.4 Å². The van der Waals surface area contributed by atoms with Crippen molar-refractivity contribution in [3.05, 3.63) is 92.2 Å². The minimum atomic E-state index is -0.349. The van der Waals surface area contributed by atoms with E-state index in [0.29, 0.717) is 45.4 Å². The molecule has 9 heteroatoms. The van der Waals surface area contributed by atoms with Crippen LogP contribution in [0.5, 0.6) is 0 Å². The molecule has 1 aliphatic rings. The fraction of sp³-hybridized carbons (Fsp3) is 0.0909. The Balaban J connectivity index is 1.54. The first-order chi connectivity index (χ1) is 14.9. The number of amides is 2. The second kappa shape index (κ2) is 9.06. The molecule has 3 aromatic rings. The molecule has 1 aromatic heterocycles. The number of benzene rings is 2. The smallest absolute Gasteiger partial charge is 0.331 e. The number of nitrogens with zero attached hydrogens (tertiary/aromatic N) is 3. The van der Waals surface area contributed by atoms with Gasteiger partial charge in [-0.1, -0.05) is 59.1 Å². The predicted octanol–water partition coefficient (Wildman–Crippen LogP) is 5.38. The molecule has 156 valence electrons. The van der Waals surface area contributed by atoms with Crippen molar-refractivity contribution in [1.82, 2.24) is 10.3 Å². The van der Waals surface area contributed by atoms with Gasteiger partial charge in [-0.3, -0.25) is 4.79 Å². The first-order valence-electron chi connectivity index (χ1n) is 9.26. The largest absolute Gasteiger partial charge is 0.342 e. The number of hydrogen-bond acceptors (Lipinski definition) is 4. The number of ketones is 1. The van der Waals surface area contributed by atoms with Crippen molar-refractivity contribution in [3.63, 3.8) is 0 Å². The monoisotopic (exact) mass is 472 g/mol. The topological polar surface area (TPSA) is 74.7 Å². The molecule has 31 heavy (non-hydrogen) atoms. The highest BCUT2D eigenvalue weighted by atomic mass is 35.5. The molecular weight excluding hydrogens is 459 g/mol. The summed E-state index contributed by atoms with van der Waals surface area (Å²) < 4.78 is 0. The number of urea groups is 1. The van der Waals surface area contributed by atoms with E-state index in [1.165, 1.54) is 17.3 Å². The summed E-state index contributed by atoms with van der Waals surface area (Å²) in [5, 5.41) is 9.04. The van der Waals surface area contributed by atoms with Gasteiger partial charge in [0.25, 0.3) is 0 Å². The van der Waals surface area contributed by atoms with Crippen LogP contribution >= 0.6 is 34.8 Å². The van der Waals surface area contributed by atoms with Crippen molar-refractivity contribution in [1.29, 1.82) is 0 Å². The second-order valence-corrected chi connectivity index (χ2v) is 7.96. The molecule has 0 saturated heterocycles. The number of rotatable bonds is 5. The summed E-state index contributed by atoms with van der Waals surface area (Å²) in [5.74, 6) is -0.142. The Morgan fingerprint density at radius 1 is 1.00 bits per heavy atom. The van der Waals surface area contributed by atoms with Crippen LogP contribution in [0.25, 0.3) is 0 Å². The Hall–Kier alpha value is -2.93. The maximum atomic E-state index is 12.6. The van der Waals surface area contributed by atoms with Crippen molar-refractivity contribution in [3.8, 4) is 0 Å². The van der Waals surface area contributed by atoms with E-state index in [0.717, 1.165) is 5.56 Å². The van der Waals surface area contributed by atoms with Crippen molar-refractivity contribution in [2.24, 2.45) is 5.10 Å². The molecule has 2 aromatic carbocycles. The summed E-state index contributed by atoms with van der Waals surface area (Å²) in [4.78, 5) is 28.5. The van der Waals surface area contributed by atoms with Gasteiger partial charge < -0.3 is 5.32 Å². The van der Waals surface area contributed by atoms with Crippen LogP contribution in [0, 0.1) is 0 Å². The van der Waals surface area contributed by atoms with E-state index in [1.807, 2.05) is 12.1 Å². The Bertz CT molecular complexity index is 1170. The summed E-state index contributed by atoms with van der Waals surface area (Å²) in [6.45, 7) is 0.377. The zero-order chi connectivity index (χ0) is 22.0. The molecule has 0 aliphatic carbocycles. The standard InChI is InChI=1S/C22H15Cl3N4O2/c23-18-11-16(29-22(31)27-7-8-28-29)12-19(24)17(18)9-13-1-3-14(4-2-13)21(30)15-5-6-26-20(25)10-15/h1-6,8,10-12H,7,9H2,(H,27,31). The minimum Gasteiger partial charge on any atom is -0.331 e. The Labute approximate surface area is 193 Å². The van der Waals surface area contributed by atoms with Gasteiger partial charge in [-0.25, -0.2) is 9.78 Å². The third-order valence-electron chi connectivity index (χ3n) is 4.69. The summed E-state index contributed by atoms with van der Waals surface area (Å²) in [6, 6.07) is 13.3. The van der Waals surface area contributed by atoms with Gasteiger partial charge in [0, 0.05) is 40.0 Å². The lowest BCUT2D eigenvalue weighted by atomic mass is 9.99. The number of carbonyl (C=O) groups is 2. The quantitative estimate of drug-likeness (QED) is 0.399. The lowest BCUT2D eigenvalue weighted by Gasteiger charge is -2.22. The van der Waals surface area contributed by atoms with E-state index in [9.17, 15) is 9.59 Å². The maximum absolute atomic E-state index is 12.6. The number of pyridine rings is 1. The van der Waals surface area contributed by atoms with Crippen LogP contribution in [0.1, 0.15) is 27.0 Å². The van der Waals surface area contributed by atoms with Crippen LogP contribution in [0.15, 0.2) is 59.8 Å². The average Bonchev–Trinajstić information content (AvgIpc) is 2.76. The molecule has 2 heterocycles. The SMILES string of the molecule is O=C(c1ccc(Cc2c(Cl)cc(N3N=CCNC3=O)cc2Cl)cc1)c1ccnc(Cl)c1. The van der Waals surface area contributed by atoms with Gasteiger partial charge in [-0.15, -0.1) is 0 Å². The number of aromatic nitrogens is 1. The maximum Gasteiger partial charge on any atom is 0.342 e. The molecule has 0 unspecified atom stereocenters. The molecule has 0 saturated carbocycles. The van der Waals surface area contributed by atoms with Gasteiger partial charge in [-0.2, -0.15) is 10.1 Å². The molecular formula is C22H15Cl3N4O2. The molecule has 0 spiro atoms. The zero-order valence-corrected chi connectivity index (χ0v) is 18.2. The summed E-state index contributed by atoms with van der Waals surface area (Å²) >= 11 is 18.8. The number of hydrogen-bond donors (Lipinski definition) is 1. The predicted molar refractivity (Wildman–Crippen MR) is 123 cm³/mol. The minimum absolute atomic E-state index is 0.142. The van der Waals surface area contributed by atoms with Gasteiger partial charge in [0.2, 0.25) is 0 Å². The summed E-state index contributed by atoms with van der Waals surface area (Å²) in [7, 11) is 0. The van der Waals surface area contributed by atoms with Crippen LogP contribution in [-0.4, -0.2) is 29.6 Å². The Morgan fingerprint density at radius 2 is 1.71 bits per heavy atom. The van der Waals surface area contributed by atoms with Crippen molar-refractivity contribution < 1.29 is 9.59 Å². The lowest BCUT2D eigenvalue weighted by Crippen LogP contribution is -2.41. The average molecular weight is 474 g/mol. The molecule has 1 N–H and O–H groups in total. The fourth-order valence-electron chi connectivity index (χ4n) is 3.14. The van der Waals surface area contributed by atoms with E-state index < -0.39 is 0 Å². The van der Waals surface area contributed by atoms with Gasteiger partial charge in [0.05, 0.1) is 12.2 Å². The number of anilines is 1. The highest BCUT2D eigenvalue weighted by Gasteiger charge is 2.20. The zero-order valence-electron chi connectivity index (χ0n) is 16.0. The van der Waals surface area contributed by atoms with Crippen molar-refractivity contribution in [2.45, 2.75) is 6.42 Å². The molecule has 0 radical (unpaired) electrons. The number of hydrazone groups is 1. The Morgan fingerprint density at radius 3 is 2.35 bits per heavy atom. The molecule has 4 rings (SSSR count). The van der Waals surface area contributed by atoms with Gasteiger partial charge in [0.1, 0.15) is 5.15 Å². The summed E-state index contributed by atoms with van der Waals surface area (Å²) in [6.07, 6.45) is 3.54. The van der Waals surface area contributed by atoms with E-state index in [2.05, 4.69) is 15.4 Å². The lowest BCUT2D eigenvalue weighted by molar-refractivity contribution is 0.103. The Kier molecular flexibility index (Phi) is 6.23. The van der Waals surface area contributed by atoms with E-state index in [-0.39, 0.29) is 17.0 Å². The highest BCUT2D eigenvalue weighted by Crippen LogP contribution is 2.33. The second-order valence-electron chi connectivity index (χ2n) is 6.75. The van der Waals surface area contributed by atoms with Gasteiger partial charge in [0.15, 0.2) is 5.78 Å². The number of nitrogens with one attached hydrogen (secondary N) is 1. The van der Waals surface area contributed by atoms with Gasteiger partial charge >= 0.3 is 6.03 Å². The molecule has 6 nitrogen and oxygen atoms in total. The van der Waals surface area contributed by atoms with Crippen LogP contribution in [-0.2, 0) is 6.42 Å². The number of carbonyl (C=O) groups excluding carboxylic acids is 2. The third-order valence-corrected chi connectivity index (χ3v) is 5.57. The van der Waals surface area contributed by atoms with E-state index in [1.54, 1.807) is 36.5 Å². The summed E-state index contributed by atoms with van der Waals surface area (Å²) in [5.41, 5.74) is 3.12. The molecule has 2 amide bonds.